The minimum atomic E-state index is -1.09. The average Bonchev–Trinajstić information content (AvgIpc) is 2.02. The molecule has 0 aliphatic carbocycles. The van der Waals surface area contributed by atoms with Gasteiger partial charge in [-0.05, 0) is 6.92 Å². The molecule has 1 aromatic rings. The summed E-state index contributed by atoms with van der Waals surface area (Å²) in [5.41, 5.74) is 0.445. The second-order valence-corrected chi connectivity index (χ2v) is 2.74. The molecule has 2 N–H and O–H groups in total. The molecule has 70 valence electrons. The van der Waals surface area contributed by atoms with Crippen molar-refractivity contribution in [2.75, 3.05) is 7.11 Å². The smallest absolute Gasteiger partial charge is 0.340 e. The summed E-state index contributed by atoms with van der Waals surface area (Å²) in [6.45, 7) is 1.60. The number of aryl methyl sites for hydroxylation is 1. The molecule has 0 bridgehead atoms. The van der Waals surface area contributed by atoms with E-state index in [1.807, 2.05) is 0 Å². The Hall–Kier alpha value is -1.43. The highest BCUT2D eigenvalue weighted by Gasteiger charge is 2.11. The number of hydrogen-bond donors (Lipinski definition) is 2. The van der Waals surface area contributed by atoms with Crippen molar-refractivity contribution in [1.29, 1.82) is 0 Å². The number of nitrogens with one attached hydrogen (secondary N) is 1. The molecular weight excluding hydrogens is 192 g/mol. The zero-order valence-electron chi connectivity index (χ0n) is 7.12. The van der Waals surface area contributed by atoms with Gasteiger partial charge in [0.1, 0.15) is 10.2 Å². The standard InChI is InChI=1S/C7H8N2O3S/c1-3-4(6(10)11)5(13)9-7(8-3)12-2/h1-2H3,(H,10,11)(H,8,9,13). The summed E-state index contributed by atoms with van der Waals surface area (Å²) in [4.78, 5) is 17.1. The van der Waals surface area contributed by atoms with Crippen LogP contribution in [0.5, 0.6) is 6.01 Å². The van der Waals surface area contributed by atoms with Gasteiger partial charge in [-0.2, -0.15) is 4.98 Å². The molecule has 0 unspecified atom stereocenters. The molecule has 13 heavy (non-hydrogen) atoms. The van der Waals surface area contributed by atoms with E-state index >= 15 is 0 Å². The van der Waals surface area contributed by atoms with Crippen molar-refractivity contribution in [3.63, 3.8) is 0 Å². The maximum Gasteiger partial charge on any atom is 0.340 e. The van der Waals surface area contributed by atoms with Crippen molar-refractivity contribution >= 4 is 18.2 Å². The van der Waals surface area contributed by atoms with Crippen molar-refractivity contribution in [3.05, 3.63) is 15.9 Å². The molecule has 0 aromatic carbocycles. The molecule has 0 aliphatic rings. The van der Waals surface area contributed by atoms with Crippen LogP contribution in [0.15, 0.2) is 0 Å². The maximum atomic E-state index is 10.7. The van der Waals surface area contributed by atoms with Crippen LogP contribution in [0.1, 0.15) is 16.1 Å². The van der Waals surface area contributed by atoms with Crippen LogP contribution in [0, 0.1) is 11.6 Å². The lowest BCUT2D eigenvalue weighted by Gasteiger charge is -2.03. The first-order valence-corrected chi connectivity index (χ1v) is 3.85. The number of methoxy groups -OCH3 is 1. The Morgan fingerprint density at radius 2 is 2.31 bits per heavy atom. The third-order valence-electron chi connectivity index (χ3n) is 1.49. The number of aromatic nitrogens is 2. The van der Waals surface area contributed by atoms with Gasteiger partial charge in [-0.25, -0.2) is 4.79 Å². The second-order valence-electron chi connectivity index (χ2n) is 2.36. The zero-order valence-corrected chi connectivity index (χ0v) is 7.94. The molecule has 0 saturated heterocycles. The van der Waals surface area contributed by atoms with E-state index in [0.717, 1.165) is 0 Å². The van der Waals surface area contributed by atoms with Crippen LogP contribution in [-0.2, 0) is 0 Å². The molecule has 0 amide bonds. The van der Waals surface area contributed by atoms with Gasteiger partial charge in [-0.15, -0.1) is 0 Å². The van der Waals surface area contributed by atoms with Crippen LogP contribution in [0.4, 0.5) is 0 Å². The van der Waals surface area contributed by atoms with Crippen LogP contribution in [0.25, 0.3) is 0 Å². The highest BCUT2D eigenvalue weighted by atomic mass is 32.1. The fraction of sp³-hybridized carbons (Fsp3) is 0.286. The number of aromatic amines is 1. The van der Waals surface area contributed by atoms with Crippen molar-refractivity contribution in [2.24, 2.45) is 0 Å². The molecular formula is C7H8N2O3S. The predicted octanol–water partition coefficient (Wildman–Crippen LogP) is 1.15. The van der Waals surface area contributed by atoms with Crippen LogP contribution in [0.2, 0.25) is 0 Å². The molecule has 0 spiro atoms. The van der Waals surface area contributed by atoms with E-state index in [1.54, 1.807) is 6.92 Å². The van der Waals surface area contributed by atoms with Gasteiger partial charge in [0.15, 0.2) is 0 Å². The van der Waals surface area contributed by atoms with Gasteiger partial charge in [0, 0.05) is 5.69 Å². The Morgan fingerprint density at radius 3 is 2.69 bits per heavy atom. The summed E-state index contributed by atoms with van der Waals surface area (Å²) < 4.78 is 4.81. The summed E-state index contributed by atoms with van der Waals surface area (Å²) >= 11 is 4.78. The number of carbonyl (C=O) groups is 1. The Labute approximate surface area is 79.4 Å². The predicted molar refractivity (Wildman–Crippen MR) is 47.7 cm³/mol. The first-order valence-electron chi connectivity index (χ1n) is 3.44. The monoisotopic (exact) mass is 200 g/mol. The fourth-order valence-corrected chi connectivity index (χ4v) is 1.23. The van der Waals surface area contributed by atoms with Crippen molar-refractivity contribution < 1.29 is 14.6 Å². The number of nitrogens with zero attached hydrogens (tertiary/aromatic N) is 1. The molecule has 0 radical (unpaired) electrons. The lowest BCUT2D eigenvalue weighted by atomic mass is 10.2. The quantitative estimate of drug-likeness (QED) is 0.700. The zero-order chi connectivity index (χ0) is 10.0. The van der Waals surface area contributed by atoms with Crippen molar-refractivity contribution in [3.8, 4) is 6.01 Å². The van der Waals surface area contributed by atoms with Gasteiger partial charge in [-0.3, -0.25) is 0 Å². The van der Waals surface area contributed by atoms with Crippen molar-refractivity contribution in [2.45, 2.75) is 6.92 Å². The minimum absolute atomic E-state index is 0.0100. The largest absolute Gasteiger partial charge is 0.478 e. The van der Waals surface area contributed by atoms with E-state index in [1.165, 1.54) is 7.11 Å². The van der Waals surface area contributed by atoms with Gasteiger partial charge < -0.3 is 14.8 Å². The molecule has 1 aromatic heterocycles. The van der Waals surface area contributed by atoms with Gasteiger partial charge in [0.25, 0.3) is 6.01 Å². The molecule has 0 aliphatic heterocycles. The number of rotatable bonds is 2. The van der Waals surface area contributed by atoms with E-state index in [2.05, 4.69) is 9.97 Å². The first kappa shape index (κ1) is 9.66. The Bertz CT molecular complexity index is 399. The molecule has 5 nitrogen and oxygen atoms in total. The molecule has 1 heterocycles. The Morgan fingerprint density at radius 1 is 1.69 bits per heavy atom. The normalized spacial score (nSPS) is 9.69. The molecule has 6 heteroatoms. The van der Waals surface area contributed by atoms with Crippen LogP contribution >= 0.6 is 12.2 Å². The maximum absolute atomic E-state index is 10.7. The Kier molecular flexibility index (Phi) is 2.62. The van der Waals surface area contributed by atoms with E-state index in [-0.39, 0.29) is 16.2 Å². The fourth-order valence-electron chi connectivity index (χ4n) is 0.908. The molecule has 1 rings (SSSR count). The highest BCUT2D eigenvalue weighted by Crippen LogP contribution is 2.10. The number of hydrogen-bond acceptors (Lipinski definition) is 4. The number of H-pyrrole nitrogens is 1. The third-order valence-corrected chi connectivity index (χ3v) is 1.79. The van der Waals surface area contributed by atoms with Crippen LogP contribution in [-0.4, -0.2) is 28.2 Å². The lowest BCUT2D eigenvalue weighted by Crippen LogP contribution is -2.06. The SMILES string of the molecule is COc1nc(=S)c(C(=O)O)c(C)[nH]1. The minimum Gasteiger partial charge on any atom is -0.478 e. The lowest BCUT2D eigenvalue weighted by molar-refractivity contribution is 0.0694. The van der Waals surface area contributed by atoms with Gasteiger partial charge in [0.05, 0.1) is 7.11 Å². The molecule has 0 atom stereocenters. The molecule has 0 fully saturated rings. The van der Waals surface area contributed by atoms with Gasteiger partial charge in [-0.1, -0.05) is 12.2 Å². The number of ether oxygens (including phenoxy) is 1. The van der Waals surface area contributed by atoms with E-state index in [9.17, 15) is 4.79 Å². The highest BCUT2D eigenvalue weighted by molar-refractivity contribution is 7.71. The van der Waals surface area contributed by atoms with E-state index in [0.29, 0.717) is 5.69 Å². The third kappa shape index (κ3) is 1.83. The van der Waals surface area contributed by atoms with Crippen molar-refractivity contribution in [1.82, 2.24) is 9.97 Å². The second kappa shape index (κ2) is 3.53. The summed E-state index contributed by atoms with van der Waals surface area (Å²) in [5.74, 6) is -1.09. The topological polar surface area (TPSA) is 75.2 Å². The first-order chi connectivity index (χ1) is 6.06. The molecule has 0 saturated carbocycles. The summed E-state index contributed by atoms with van der Waals surface area (Å²) in [6.07, 6.45) is 0. The number of carboxylic acids is 1. The van der Waals surface area contributed by atoms with Gasteiger partial charge >= 0.3 is 5.97 Å². The summed E-state index contributed by atoms with van der Waals surface area (Å²) in [5, 5.41) is 8.74. The Balaban J connectivity index is 3.40. The number of aromatic carboxylic acids is 1. The van der Waals surface area contributed by atoms with Gasteiger partial charge in [0.2, 0.25) is 0 Å². The van der Waals surface area contributed by atoms with E-state index in [4.69, 9.17) is 22.1 Å². The number of carboxylic acid groups (broad SMARTS) is 1. The summed E-state index contributed by atoms with van der Waals surface area (Å²) in [7, 11) is 1.42. The van der Waals surface area contributed by atoms with Crippen LogP contribution in [0.3, 0.4) is 0 Å². The average molecular weight is 200 g/mol. The van der Waals surface area contributed by atoms with E-state index < -0.39 is 5.97 Å². The van der Waals surface area contributed by atoms with Crippen LogP contribution < -0.4 is 4.74 Å². The summed E-state index contributed by atoms with van der Waals surface area (Å²) in [6, 6.07) is 0.215.